The van der Waals surface area contributed by atoms with E-state index in [0.717, 1.165) is 19.3 Å². The van der Waals surface area contributed by atoms with Crippen LogP contribution < -0.4 is 0 Å². The second-order valence-electron chi connectivity index (χ2n) is 5.77. The molecule has 1 atom stereocenters. The molecular weight excluding hydrogens is 208 g/mol. The van der Waals surface area contributed by atoms with E-state index in [1.807, 2.05) is 0 Å². The van der Waals surface area contributed by atoms with Gasteiger partial charge in [0.05, 0.1) is 5.60 Å². The Hall–Kier alpha value is -0.820. The molecule has 0 aromatic heterocycles. The van der Waals surface area contributed by atoms with Crippen molar-refractivity contribution in [3.05, 3.63) is 35.4 Å². The van der Waals surface area contributed by atoms with Crippen LogP contribution >= 0.6 is 0 Å². The Morgan fingerprint density at radius 1 is 1.00 bits per heavy atom. The number of benzene rings is 1. The lowest BCUT2D eigenvalue weighted by molar-refractivity contribution is -0.0527. The molecule has 1 aromatic carbocycles. The van der Waals surface area contributed by atoms with Crippen LogP contribution in [0, 0.1) is 5.92 Å². The smallest absolute Gasteiger partial charge is 0.0927 e. The topological polar surface area (TPSA) is 20.2 Å². The summed E-state index contributed by atoms with van der Waals surface area (Å²) in [7, 11) is 0. The molecule has 92 valence electrons. The van der Waals surface area contributed by atoms with Crippen molar-refractivity contribution in [2.75, 3.05) is 0 Å². The van der Waals surface area contributed by atoms with Gasteiger partial charge in [-0.05, 0) is 49.1 Å². The first-order valence-electron chi connectivity index (χ1n) is 7.11. The Balaban J connectivity index is 1.96. The summed E-state index contributed by atoms with van der Waals surface area (Å²) < 4.78 is 0. The van der Waals surface area contributed by atoms with E-state index in [1.165, 1.54) is 43.2 Å². The van der Waals surface area contributed by atoms with Crippen molar-refractivity contribution in [1.82, 2.24) is 0 Å². The predicted molar refractivity (Wildman–Crippen MR) is 69.9 cm³/mol. The van der Waals surface area contributed by atoms with E-state index in [9.17, 15) is 5.11 Å². The molecule has 0 amide bonds. The molecule has 17 heavy (non-hydrogen) atoms. The van der Waals surface area contributed by atoms with Crippen LogP contribution in [0.1, 0.15) is 56.1 Å². The van der Waals surface area contributed by atoms with Crippen molar-refractivity contribution in [3.63, 3.8) is 0 Å². The van der Waals surface area contributed by atoms with E-state index in [1.54, 1.807) is 0 Å². The Bertz CT molecular complexity index is 392. The minimum Gasteiger partial charge on any atom is -0.385 e. The van der Waals surface area contributed by atoms with Gasteiger partial charge in [-0.2, -0.15) is 0 Å². The SMILES string of the molecule is OC1(C2CCCCC2)CCCc2ccccc21. The molecule has 0 spiro atoms. The zero-order chi connectivity index (χ0) is 11.7. The molecule has 1 N–H and O–H groups in total. The van der Waals surface area contributed by atoms with Gasteiger partial charge in [-0.1, -0.05) is 43.5 Å². The Kier molecular flexibility index (Phi) is 2.96. The van der Waals surface area contributed by atoms with Crippen LogP contribution in [0.4, 0.5) is 0 Å². The van der Waals surface area contributed by atoms with Gasteiger partial charge in [0, 0.05) is 0 Å². The molecule has 1 unspecified atom stereocenters. The first-order valence-corrected chi connectivity index (χ1v) is 7.11. The van der Waals surface area contributed by atoms with Crippen LogP contribution in [0.2, 0.25) is 0 Å². The van der Waals surface area contributed by atoms with Crippen molar-refractivity contribution in [1.29, 1.82) is 0 Å². The molecule has 0 bridgehead atoms. The van der Waals surface area contributed by atoms with Crippen molar-refractivity contribution in [2.24, 2.45) is 5.92 Å². The molecule has 0 radical (unpaired) electrons. The van der Waals surface area contributed by atoms with Gasteiger partial charge >= 0.3 is 0 Å². The lowest BCUT2D eigenvalue weighted by Crippen LogP contribution is -2.39. The maximum Gasteiger partial charge on any atom is 0.0927 e. The lowest BCUT2D eigenvalue weighted by atomic mass is 9.67. The number of rotatable bonds is 1. The van der Waals surface area contributed by atoms with Crippen molar-refractivity contribution >= 4 is 0 Å². The number of aryl methyl sites for hydroxylation is 1. The van der Waals surface area contributed by atoms with E-state index in [0.29, 0.717) is 5.92 Å². The zero-order valence-electron chi connectivity index (χ0n) is 10.5. The average molecular weight is 230 g/mol. The Morgan fingerprint density at radius 2 is 1.76 bits per heavy atom. The van der Waals surface area contributed by atoms with Gasteiger partial charge in [-0.25, -0.2) is 0 Å². The molecule has 2 aliphatic rings. The highest BCUT2D eigenvalue weighted by Crippen LogP contribution is 2.46. The molecule has 1 heteroatoms. The van der Waals surface area contributed by atoms with Crippen molar-refractivity contribution in [2.45, 2.75) is 57.0 Å². The van der Waals surface area contributed by atoms with Gasteiger partial charge in [-0.15, -0.1) is 0 Å². The first kappa shape index (κ1) is 11.3. The Morgan fingerprint density at radius 3 is 2.59 bits per heavy atom. The van der Waals surface area contributed by atoms with E-state index in [-0.39, 0.29) is 0 Å². The molecule has 1 nitrogen and oxygen atoms in total. The van der Waals surface area contributed by atoms with Gasteiger partial charge in [0.15, 0.2) is 0 Å². The molecule has 1 saturated carbocycles. The van der Waals surface area contributed by atoms with E-state index in [4.69, 9.17) is 0 Å². The summed E-state index contributed by atoms with van der Waals surface area (Å²) >= 11 is 0. The Labute approximate surface area is 104 Å². The second-order valence-corrected chi connectivity index (χ2v) is 5.77. The lowest BCUT2D eigenvalue weighted by Gasteiger charge is -2.42. The number of hydrogen-bond donors (Lipinski definition) is 1. The highest BCUT2D eigenvalue weighted by molar-refractivity contribution is 5.35. The third kappa shape index (κ3) is 1.91. The summed E-state index contributed by atoms with van der Waals surface area (Å²) in [6.07, 6.45) is 9.64. The molecule has 1 fully saturated rings. The summed E-state index contributed by atoms with van der Waals surface area (Å²) in [4.78, 5) is 0. The van der Waals surface area contributed by atoms with Crippen molar-refractivity contribution in [3.8, 4) is 0 Å². The van der Waals surface area contributed by atoms with Crippen LogP contribution in [-0.2, 0) is 12.0 Å². The zero-order valence-corrected chi connectivity index (χ0v) is 10.5. The summed E-state index contributed by atoms with van der Waals surface area (Å²) in [6, 6.07) is 8.54. The monoisotopic (exact) mass is 230 g/mol. The second kappa shape index (κ2) is 4.45. The molecule has 0 aliphatic heterocycles. The van der Waals surface area contributed by atoms with Gasteiger partial charge < -0.3 is 5.11 Å². The molecular formula is C16H22O. The van der Waals surface area contributed by atoms with Crippen LogP contribution in [-0.4, -0.2) is 5.11 Å². The summed E-state index contributed by atoms with van der Waals surface area (Å²) in [5.74, 6) is 0.498. The summed E-state index contributed by atoms with van der Waals surface area (Å²) in [6.45, 7) is 0. The molecule has 0 heterocycles. The molecule has 0 saturated heterocycles. The first-order chi connectivity index (χ1) is 8.31. The van der Waals surface area contributed by atoms with Crippen LogP contribution in [0.25, 0.3) is 0 Å². The van der Waals surface area contributed by atoms with Crippen molar-refractivity contribution < 1.29 is 5.11 Å². The maximum atomic E-state index is 11.1. The minimum atomic E-state index is -0.519. The highest BCUT2D eigenvalue weighted by Gasteiger charge is 2.41. The normalized spacial score (nSPS) is 29.9. The van der Waals surface area contributed by atoms with Gasteiger partial charge in [0.2, 0.25) is 0 Å². The van der Waals surface area contributed by atoms with Crippen LogP contribution in [0.15, 0.2) is 24.3 Å². The van der Waals surface area contributed by atoms with E-state index < -0.39 is 5.60 Å². The number of aliphatic hydroxyl groups is 1. The fourth-order valence-corrected chi connectivity index (χ4v) is 3.85. The fourth-order valence-electron chi connectivity index (χ4n) is 3.85. The molecule has 3 rings (SSSR count). The summed E-state index contributed by atoms with van der Waals surface area (Å²) in [5, 5.41) is 11.1. The van der Waals surface area contributed by atoms with E-state index >= 15 is 0 Å². The van der Waals surface area contributed by atoms with Gasteiger partial charge in [0.25, 0.3) is 0 Å². The van der Waals surface area contributed by atoms with Crippen LogP contribution in [0.5, 0.6) is 0 Å². The van der Waals surface area contributed by atoms with Gasteiger partial charge in [0.1, 0.15) is 0 Å². The molecule has 1 aromatic rings. The number of fused-ring (bicyclic) bond motifs is 1. The third-order valence-corrected chi connectivity index (χ3v) is 4.77. The van der Waals surface area contributed by atoms with Crippen LogP contribution in [0.3, 0.4) is 0 Å². The van der Waals surface area contributed by atoms with Gasteiger partial charge in [-0.3, -0.25) is 0 Å². The largest absolute Gasteiger partial charge is 0.385 e. The third-order valence-electron chi connectivity index (χ3n) is 4.77. The summed E-state index contributed by atoms with van der Waals surface area (Å²) in [5.41, 5.74) is 2.10. The minimum absolute atomic E-state index is 0.498. The quantitative estimate of drug-likeness (QED) is 0.778. The van der Waals surface area contributed by atoms with E-state index in [2.05, 4.69) is 24.3 Å². The maximum absolute atomic E-state index is 11.1. The molecule has 2 aliphatic carbocycles. The predicted octanol–water partition coefficient (Wildman–Crippen LogP) is 3.79. The fraction of sp³-hybridized carbons (Fsp3) is 0.625. The highest BCUT2D eigenvalue weighted by atomic mass is 16.3. The standard InChI is InChI=1S/C16H22O/c17-16(14-9-2-1-3-10-14)12-6-8-13-7-4-5-11-15(13)16/h4-5,7,11,14,17H,1-3,6,8-10,12H2. The number of hydrogen-bond acceptors (Lipinski definition) is 1. The average Bonchev–Trinajstić information content (AvgIpc) is 2.40.